The summed E-state index contributed by atoms with van der Waals surface area (Å²) < 4.78 is 15.0. The molecule has 22 heavy (non-hydrogen) atoms. The summed E-state index contributed by atoms with van der Waals surface area (Å²) in [7, 11) is 0. The second-order valence-corrected chi connectivity index (χ2v) is 4.65. The maximum absolute atomic E-state index is 11.5. The number of unbranched alkanes of at least 4 members (excludes halogenated alkanes) is 1. The molecule has 0 spiro atoms. The van der Waals surface area contributed by atoms with Crippen LogP contribution in [0.15, 0.2) is 12.2 Å². The van der Waals surface area contributed by atoms with Gasteiger partial charge in [-0.1, -0.05) is 39.3 Å². The summed E-state index contributed by atoms with van der Waals surface area (Å²) in [6.45, 7) is 5.13. The lowest BCUT2D eigenvalue weighted by molar-refractivity contribution is -0.166. The normalized spacial score (nSPS) is 12.0. The number of allylic oxidation sites excluding steroid dienone is 1. The molecule has 6 nitrogen and oxygen atoms in total. The zero-order valence-electron chi connectivity index (χ0n) is 13.6. The summed E-state index contributed by atoms with van der Waals surface area (Å²) in [5.41, 5.74) is 0. The molecule has 0 bridgehead atoms. The maximum atomic E-state index is 11.5. The van der Waals surface area contributed by atoms with Gasteiger partial charge in [0.25, 0.3) is 0 Å². The third-order valence-electron chi connectivity index (χ3n) is 2.64. The summed E-state index contributed by atoms with van der Waals surface area (Å²) in [5.74, 6) is -1.24. The highest BCUT2D eigenvalue weighted by Gasteiger charge is 2.18. The molecule has 0 aromatic heterocycles. The van der Waals surface area contributed by atoms with E-state index in [1.165, 1.54) is 0 Å². The summed E-state index contributed by atoms with van der Waals surface area (Å²) in [5, 5.41) is 0. The van der Waals surface area contributed by atoms with Crippen LogP contribution in [0.3, 0.4) is 0 Å². The number of ether oxygens (including phenoxy) is 3. The standard InChI is InChI=1S/C16H26O6/c1-4-7-8-9-10-16(19)21-12-13(22-15(18)6-3)11-20-14(17)5-2/h8-9,13H,4-7,10-12H2,1-3H3/b9-8-. The Balaban J connectivity index is 4.23. The van der Waals surface area contributed by atoms with Crippen molar-refractivity contribution in [1.29, 1.82) is 0 Å². The van der Waals surface area contributed by atoms with Gasteiger partial charge < -0.3 is 14.2 Å². The molecule has 0 amide bonds. The largest absolute Gasteiger partial charge is 0.462 e. The van der Waals surface area contributed by atoms with Crippen molar-refractivity contribution in [2.45, 2.75) is 59.0 Å². The van der Waals surface area contributed by atoms with Crippen LogP contribution in [0.25, 0.3) is 0 Å². The molecule has 0 saturated carbocycles. The second-order valence-electron chi connectivity index (χ2n) is 4.65. The van der Waals surface area contributed by atoms with Gasteiger partial charge in [0.1, 0.15) is 13.2 Å². The summed E-state index contributed by atoms with van der Waals surface area (Å²) in [6.07, 6.45) is 5.42. The highest BCUT2D eigenvalue weighted by atomic mass is 16.6. The Bertz CT molecular complexity index is 375. The molecule has 0 saturated heterocycles. The molecule has 0 aliphatic carbocycles. The van der Waals surface area contributed by atoms with Crippen molar-refractivity contribution in [2.75, 3.05) is 13.2 Å². The lowest BCUT2D eigenvalue weighted by Crippen LogP contribution is -2.30. The molecule has 0 aliphatic heterocycles. The molecule has 1 unspecified atom stereocenters. The van der Waals surface area contributed by atoms with Crippen LogP contribution < -0.4 is 0 Å². The molecule has 0 rings (SSSR count). The van der Waals surface area contributed by atoms with Gasteiger partial charge >= 0.3 is 17.9 Å². The first kappa shape index (κ1) is 20.1. The smallest absolute Gasteiger partial charge is 0.309 e. The molecule has 0 aromatic carbocycles. The average molecular weight is 314 g/mol. The van der Waals surface area contributed by atoms with Crippen molar-refractivity contribution in [2.24, 2.45) is 0 Å². The second kappa shape index (κ2) is 12.9. The van der Waals surface area contributed by atoms with E-state index in [1.807, 2.05) is 13.0 Å². The van der Waals surface area contributed by atoms with Crippen molar-refractivity contribution < 1.29 is 28.6 Å². The van der Waals surface area contributed by atoms with Gasteiger partial charge in [0, 0.05) is 12.8 Å². The molecule has 0 N–H and O–H groups in total. The number of hydrogen-bond acceptors (Lipinski definition) is 6. The molecule has 126 valence electrons. The van der Waals surface area contributed by atoms with E-state index in [-0.39, 0.29) is 32.5 Å². The minimum Gasteiger partial charge on any atom is -0.462 e. The van der Waals surface area contributed by atoms with Gasteiger partial charge in [0.2, 0.25) is 0 Å². The van der Waals surface area contributed by atoms with E-state index in [2.05, 4.69) is 0 Å². The fraction of sp³-hybridized carbons (Fsp3) is 0.688. The van der Waals surface area contributed by atoms with Gasteiger partial charge in [-0.15, -0.1) is 0 Å². The molecule has 0 heterocycles. The monoisotopic (exact) mass is 314 g/mol. The Morgan fingerprint density at radius 3 is 2.00 bits per heavy atom. The summed E-state index contributed by atoms with van der Waals surface area (Å²) >= 11 is 0. The Kier molecular flexibility index (Phi) is 11.8. The Labute approximate surface area is 131 Å². The Morgan fingerprint density at radius 2 is 1.45 bits per heavy atom. The summed E-state index contributed by atoms with van der Waals surface area (Å²) in [4.78, 5) is 34.0. The third kappa shape index (κ3) is 10.9. The van der Waals surface area contributed by atoms with E-state index < -0.39 is 24.0 Å². The first-order chi connectivity index (χ1) is 10.5. The summed E-state index contributed by atoms with van der Waals surface area (Å²) in [6, 6.07) is 0. The van der Waals surface area contributed by atoms with E-state index in [1.54, 1.807) is 19.9 Å². The molecule has 0 radical (unpaired) electrons. The van der Waals surface area contributed by atoms with Gasteiger partial charge in [0.15, 0.2) is 6.10 Å². The number of carbonyl (C=O) groups excluding carboxylic acids is 3. The molecule has 6 heteroatoms. The fourth-order valence-corrected chi connectivity index (χ4v) is 1.38. The first-order valence-corrected chi connectivity index (χ1v) is 7.69. The third-order valence-corrected chi connectivity index (χ3v) is 2.64. The predicted molar refractivity (Wildman–Crippen MR) is 81.0 cm³/mol. The molecular formula is C16H26O6. The van der Waals surface area contributed by atoms with Gasteiger partial charge in [0.05, 0.1) is 6.42 Å². The topological polar surface area (TPSA) is 78.9 Å². The van der Waals surface area contributed by atoms with Crippen molar-refractivity contribution >= 4 is 17.9 Å². The van der Waals surface area contributed by atoms with Crippen molar-refractivity contribution in [1.82, 2.24) is 0 Å². The van der Waals surface area contributed by atoms with E-state index in [9.17, 15) is 14.4 Å². The van der Waals surface area contributed by atoms with Crippen molar-refractivity contribution in [3.8, 4) is 0 Å². The molecule has 0 aromatic rings. The lowest BCUT2D eigenvalue weighted by atomic mass is 10.3. The van der Waals surface area contributed by atoms with E-state index in [0.29, 0.717) is 0 Å². The fourth-order valence-electron chi connectivity index (χ4n) is 1.38. The lowest BCUT2D eigenvalue weighted by Gasteiger charge is -2.17. The highest BCUT2D eigenvalue weighted by molar-refractivity contribution is 5.71. The van der Waals surface area contributed by atoms with Crippen LogP contribution in [-0.2, 0) is 28.6 Å². The molecule has 0 fully saturated rings. The predicted octanol–water partition coefficient (Wildman–Crippen LogP) is 2.55. The number of rotatable bonds is 11. The Morgan fingerprint density at radius 1 is 0.864 bits per heavy atom. The quantitative estimate of drug-likeness (QED) is 0.331. The SMILES string of the molecule is CCC/C=C\CC(=O)OCC(COC(=O)CC)OC(=O)CC. The highest BCUT2D eigenvalue weighted by Crippen LogP contribution is 2.01. The van der Waals surface area contributed by atoms with Gasteiger partial charge in [-0.3, -0.25) is 14.4 Å². The van der Waals surface area contributed by atoms with E-state index in [0.717, 1.165) is 12.8 Å². The van der Waals surface area contributed by atoms with E-state index >= 15 is 0 Å². The molecule has 1 atom stereocenters. The van der Waals surface area contributed by atoms with Crippen LogP contribution in [0.5, 0.6) is 0 Å². The van der Waals surface area contributed by atoms with Gasteiger partial charge in [-0.2, -0.15) is 0 Å². The zero-order chi connectivity index (χ0) is 16.8. The molecule has 0 aliphatic rings. The van der Waals surface area contributed by atoms with Gasteiger partial charge in [-0.25, -0.2) is 0 Å². The Hall–Kier alpha value is -1.85. The van der Waals surface area contributed by atoms with E-state index in [4.69, 9.17) is 14.2 Å². The van der Waals surface area contributed by atoms with Crippen molar-refractivity contribution in [3.63, 3.8) is 0 Å². The average Bonchev–Trinajstić information content (AvgIpc) is 2.53. The van der Waals surface area contributed by atoms with Crippen LogP contribution in [-0.4, -0.2) is 37.2 Å². The zero-order valence-corrected chi connectivity index (χ0v) is 13.6. The number of carbonyl (C=O) groups is 3. The first-order valence-electron chi connectivity index (χ1n) is 7.69. The maximum Gasteiger partial charge on any atom is 0.309 e. The van der Waals surface area contributed by atoms with Crippen LogP contribution >= 0.6 is 0 Å². The van der Waals surface area contributed by atoms with Crippen molar-refractivity contribution in [3.05, 3.63) is 12.2 Å². The van der Waals surface area contributed by atoms with Crippen LogP contribution in [0.2, 0.25) is 0 Å². The van der Waals surface area contributed by atoms with Crippen LogP contribution in [0, 0.1) is 0 Å². The minimum absolute atomic E-state index is 0.114. The van der Waals surface area contributed by atoms with Crippen LogP contribution in [0.1, 0.15) is 52.9 Å². The number of esters is 3. The molecular weight excluding hydrogens is 288 g/mol. The minimum atomic E-state index is -0.772. The number of hydrogen-bond donors (Lipinski definition) is 0. The van der Waals surface area contributed by atoms with Crippen LogP contribution in [0.4, 0.5) is 0 Å². The van der Waals surface area contributed by atoms with Gasteiger partial charge in [-0.05, 0) is 6.42 Å².